The summed E-state index contributed by atoms with van der Waals surface area (Å²) in [6.07, 6.45) is -1.89. The topological polar surface area (TPSA) is 218 Å². The Balaban J connectivity index is 1.14. The van der Waals surface area contributed by atoms with Gasteiger partial charge in [-0.15, -0.1) is 11.8 Å². The number of H-pyrrole nitrogens is 2. The molecule has 0 aromatic carbocycles. The predicted molar refractivity (Wildman–Crippen MR) is 259 cm³/mol. The quantitative estimate of drug-likeness (QED) is 0.0863. The minimum absolute atomic E-state index is 0.00865. The molecule has 4 aliphatic heterocycles. The minimum Gasteiger partial charge on any atom is -0.463 e. The third-order valence-electron chi connectivity index (χ3n) is 13.5. The van der Waals surface area contributed by atoms with Crippen molar-refractivity contribution in [2.75, 3.05) is 26.0 Å². The van der Waals surface area contributed by atoms with Crippen LogP contribution in [0.15, 0.2) is 18.2 Å². The molecule has 370 valence electrons. The average molecular weight is 970 g/mol. The predicted octanol–water partition coefficient (Wildman–Crippen LogP) is 7.38. The van der Waals surface area contributed by atoms with E-state index in [1.165, 1.54) is 50.6 Å². The molecule has 4 aliphatic rings. The van der Waals surface area contributed by atoms with E-state index in [2.05, 4.69) is 56.7 Å². The van der Waals surface area contributed by atoms with Gasteiger partial charge in [0.2, 0.25) is 5.91 Å². The summed E-state index contributed by atoms with van der Waals surface area (Å²) in [6, 6.07) is 6.32. The van der Waals surface area contributed by atoms with E-state index in [1.54, 1.807) is 11.9 Å². The fourth-order valence-corrected chi connectivity index (χ4v) is 11.1. The lowest BCUT2D eigenvalue weighted by molar-refractivity contribution is -0.237. The zero-order valence-electron chi connectivity index (χ0n) is 41.3. The van der Waals surface area contributed by atoms with Crippen molar-refractivity contribution in [3.05, 3.63) is 68.8 Å². The summed E-state index contributed by atoms with van der Waals surface area (Å²) in [4.78, 5) is 95.4. The van der Waals surface area contributed by atoms with Crippen LogP contribution in [-0.2, 0) is 76.6 Å². The second-order valence-corrected chi connectivity index (χ2v) is 19.3. The van der Waals surface area contributed by atoms with Gasteiger partial charge in [-0.3, -0.25) is 29.0 Å². The molecule has 3 aromatic heterocycles. The maximum absolute atomic E-state index is 14.0. The fourth-order valence-electron chi connectivity index (χ4n) is 9.91. The van der Waals surface area contributed by atoms with Gasteiger partial charge < -0.3 is 43.3 Å². The van der Waals surface area contributed by atoms with Crippen LogP contribution in [0.1, 0.15) is 137 Å². The van der Waals surface area contributed by atoms with Crippen LogP contribution in [0.4, 0.5) is 0 Å². The maximum Gasteiger partial charge on any atom is 0.341 e. The largest absolute Gasteiger partial charge is 0.463 e. The van der Waals surface area contributed by atoms with Crippen LogP contribution in [0.2, 0.25) is 0 Å². The number of ether oxygens (including phenoxy) is 6. The molecule has 8 bridgehead atoms. The van der Waals surface area contributed by atoms with Crippen molar-refractivity contribution < 1.29 is 57.2 Å². The van der Waals surface area contributed by atoms with Gasteiger partial charge in [0.15, 0.2) is 18.3 Å². The highest BCUT2D eigenvalue weighted by atomic mass is 32.2. The number of hydrogen-bond donors (Lipinski definition) is 2. The summed E-state index contributed by atoms with van der Waals surface area (Å²) >= 11 is 1.27. The van der Waals surface area contributed by atoms with Gasteiger partial charge in [-0.2, -0.15) is 0 Å². The number of aromatic amines is 2. The highest BCUT2D eigenvalue weighted by molar-refractivity contribution is 7.99. The first-order valence-electron chi connectivity index (χ1n) is 23.6. The van der Waals surface area contributed by atoms with Crippen molar-refractivity contribution in [2.24, 2.45) is 0 Å². The lowest BCUT2D eigenvalue weighted by Crippen LogP contribution is -2.61. The Morgan fingerprint density at radius 2 is 1.42 bits per heavy atom. The van der Waals surface area contributed by atoms with Crippen molar-refractivity contribution in [3.8, 4) is 0 Å². The SMILES string of the molecule is CCc1c(C)c2cc3[nH]c(cc4nc(c5c6nc(cc1[nH]2)C(C)=C6C(=O)OC5)[C@@H](CCC(=O)N(C)CCCS[C@@H]1O[C@H](COC(C)=O)[C@@H](OC(C)=O)[C@H](OC(C)=O)[C@H]1OC(C)=O)[C@@H]4C)c(C)c3CC. The molecule has 1 fully saturated rings. The summed E-state index contributed by atoms with van der Waals surface area (Å²) in [6.45, 7) is 17.4. The van der Waals surface area contributed by atoms with Crippen molar-refractivity contribution >= 4 is 80.7 Å². The van der Waals surface area contributed by atoms with Gasteiger partial charge in [0.05, 0.1) is 22.7 Å². The highest BCUT2D eigenvalue weighted by Gasteiger charge is 2.52. The number of allylic oxidation sites excluding steroid dienone is 1. The molecule has 3 aromatic rings. The molecule has 7 rings (SSSR count). The maximum atomic E-state index is 14.0. The number of carbonyl (C=O) groups is 6. The third-order valence-corrected chi connectivity index (χ3v) is 14.7. The van der Waals surface area contributed by atoms with Crippen LogP contribution >= 0.6 is 11.8 Å². The highest BCUT2D eigenvalue weighted by Crippen LogP contribution is 2.45. The van der Waals surface area contributed by atoms with Crippen LogP contribution in [0.25, 0.3) is 33.2 Å². The van der Waals surface area contributed by atoms with Crippen LogP contribution in [0.3, 0.4) is 0 Å². The standard InChI is InChI=1S/C51H63N5O12S/c1-12-32-24(3)36-19-38-26(5)34(45(54-38)35-22-64-50(62)44-27(6)39(55-46(35)44)21-41-33(13-2)25(4)37(53-41)20-40(32)52-36)15-16-43(61)56(11)17-14-18-69-51-49(67-31(10)60)48(66-30(9)59)47(65-29(8)58)42(68-51)23-63-28(7)57/h19-21,26,34,42,47-49,51-53H,12-18,22-23H2,1-11H3/t26-,34-,42+,47+,48-,49+,51-/m0/s1. The lowest BCUT2D eigenvalue weighted by Gasteiger charge is -2.44. The van der Waals surface area contributed by atoms with Gasteiger partial charge in [0, 0.05) is 92.9 Å². The second kappa shape index (κ2) is 21.3. The van der Waals surface area contributed by atoms with Crippen LogP contribution in [0.5, 0.6) is 0 Å². The molecular weight excluding hydrogens is 907 g/mol. The zero-order chi connectivity index (χ0) is 50.0. The fraction of sp³-hybridized carbons (Fsp3) is 0.529. The van der Waals surface area contributed by atoms with Gasteiger partial charge in [0.1, 0.15) is 24.8 Å². The Hall–Kier alpha value is -6.01. The first-order chi connectivity index (χ1) is 32.8. The molecular formula is C51H63N5O12S. The number of aryl methyl sites for hydroxylation is 4. The Kier molecular flexibility index (Phi) is 15.7. The summed E-state index contributed by atoms with van der Waals surface area (Å²) < 4.78 is 34.0. The number of carbonyl (C=O) groups excluding carboxylic acids is 6. The zero-order valence-corrected chi connectivity index (χ0v) is 42.1. The van der Waals surface area contributed by atoms with E-state index in [4.69, 9.17) is 38.4 Å². The Morgan fingerprint density at radius 1 is 0.812 bits per heavy atom. The smallest absolute Gasteiger partial charge is 0.341 e. The van der Waals surface area contributed by atoms with Gasteiger partial charge in [-0.25, -0.2) is 9.78 Å². The molecule has 2 N–H and O–H groups in total. The molecule has 1 amide bonds. The number of rotatable bonds is 15. The number of nitrogens with one attached hydrogen (secondary N) is 2. The van der Waals surface area contributed by atoms with E-state index in [9.17, 15) is 28.8 Å². The Bertz CT molecular complexity index is 2760. The van der Waals surface area contributed by atoms with E-state index in [0.29, 0.717) is 42.1 Å². The molecule has 0 aliphatic carbocycles. The van der Waals surface area contributed by atoms with Crippen LogP contribution in [0, 0.1) is 13.8 Å². The molecule has 0 saturated carbocycles. The summed E-state index contributed by atoms with van der Waals surface area (Å²) in [5.41, 5.74) is 12.5. The number of fused-ring (bicyclic) bond motifs is 8. The molecule has 7 heterocycles. The molecule has 7 atom stereocenters. The molecule has 0 radical (unpaired) electrons. The molecule has 69 heavy (non-hydrogen) atoms. The molecule has 0 spiro atoms. The van der Waals surface area contributed by atoms with Gasteiger partial charge in [-0.05, 0) is 98.2 Å². The van der Waals surface area contributed by atoms with E-state index >= 15 is 0 Å². The van der Waals surface area contributed by atoms with E-state index in [1.807, 2.05) is 13.0 Å². The average Bonchev–Trinajstić information content (AvgIpc) is 3.98. The summed E-state index contributed by atoms with van der Waals surface area (Å²) in [5.74, 6) is -3.06. The number of nitrogens with zero attached hydrogens (tertiary/aromatic N) is 3. The molecule has 0 unspecified atom stereocenters. The second-order valence-electron chi connectivity index (χ2n) is 18.1. The molecule has 17 nitrogen and oxygen atoms in total. The normalized spacial score (nSPS) is 21.9. The summed E-state index contributed by atoms with van der Waals surface area (Å²) in [7, 11) is 1.75. The third kappa shape index (κ3) is 10.8. The van der Waals surface area contributed by atoms with Gasteiger partial charge >= 0.3 is 29.8 Å². The summed E-state index contributed by atoms with van der Waals surface area (Å²) in [5, 5.41) is 0. The first-order valence-corrected chi connectivity index (χ1v) is 24.7. The number of aromatic nitrogens is 4. The van der Waals surface area contributed by atoms with E-state index in [0.717, 1.165) is 68.6 Å². The van der Waals surface area contributed by atoms with E-state index < -0.39 is 59.7 Å². The van der Waals surface area contributed by atoms with Crippen molar-refractivity contribution in [1.29, 1.82) is 0 Å². The minimum atomic E-state index is -1.26. The van der Waals surface area contributed by atoms with Crippen molar-refractivity contribution in [3.63, 3.8) is 0 Å². The van der Waals surface area contributed by atoms with Gasteiger partial charge in [0.25, 0.3) is 0 Å². The Morgan fingerprint density at radius 3 is 2.04 bits per heavy atom. The van der Waals surface area contributed by atoms with Crippen LogP contribution < -0.4 is 0 Å². The molecule has 1 saturated heterocycles. The number of esters is 5. The molecule has 18 heteroatoms. The van der Waals surface area contributed by atoms with Crippen molar-refractivity contribution in [1.82, 2.24) is 24.8 Å². The van der Waals surface area contributed by atoms with Crippen LogP contribution in [-0.4, -0.2) is 116 Å². The number of amides is 1. The Labute approximate surface area is 405 Å². The van der Waals surface area contributed by atoms with Crippen molar-refractivity contribution in [2.45, 2.75) is 150 Å². The lowest BCUT2D eigenvalue weighted by atomic mass is 9.84. The number of thioether (sulfide) groups is 1. The number of hydrogen-bond acceptors (Lipinski definition) is 15. The monoisotopic (exact) mass is 969 g/mol. The number of cyclic esters (lactones) is 1. The van der Waals surface area contributed by atoms with E-state index in [-0.39, 0.29) is 37.4 Å². The van der Waals surface area contributed by atoms with Gasteiger partial charge in [-0.1, -0.05) is 20.8 Å². The first kappa shape index (κ1) is 50.9.